The molecule has 0 bridgehead atoms. The Kier molecular flexibility index (Phi) is 28.5. The van der Waals surface area contributed by atoms with Gasteiger partial charge in [-0.1, -0.05) is 60.8 Å². The lowest BCUT2D eigenvalue weighted by molar-refractivity contribution is -0.182. The molecule has 2 heterocycles. The second-order valence-electron chi connectivity index (χ2n) is 28.0. The Hall–Kier alpha value is -5.79. The lowest BCUT2D eigenvalue weighted by Gasteiger charge is -2.39. The van der Waals surface area contributed by atoms with E-state index in [2.05, 4.69) is 21.3 Å². The van der Waals surface area contributed by atoms with Gasteiger partial charge in [0.05, 0.1) is 31.7 Å². The van der Waals surface area contributed by atoms with Crippen LogP contribution in [0, 0.1) is 35.5 Å². The van der Waals surface area contributed by atoms with Crippen molar-refractivity contribution in [3.8, 4) is 0 Å². The Bertz CT molecular complexity index is 2600. The van der Waals surface area contributed by atoms with Gasteiger partial charge in [0.15, 0.2) is 0 Å². The number of methoxy groups -OCH3 is 1. The first-order valence-electron chi connectivity index (χ1n) is 33.3. The number of fused-ring (bicyclic) bond motifs is 1. The summed E-state index contributed by atoms with van der Waals surface area (Å²) in [5.74, 6) is -9.84. The number of hydrogen-bond acceptors (Lipinski definition) is 12. The predicted octanol–water partition coefficient (Wildman–Crippen LogP) is 4.85. The minimum atomic E-state index is -4.50. The predicted molar refractivity (Wildman–Crippen MR) is 340 cm³/mol. The lowest BCUT2D eigenvalue weighted by atomic mass is 9.78. The fraction of sp³-hybridized carbons (Fsp3) is 0.831. The maximum atomic E-state index is 15.1. The van der Waals surface area contributed by atoms with E-state index in [1.165, 1.54) is 61.9 Å². The summed E-state index contributed by atoms with van der Waals surface area (Å²) in [6.45, 7) is 11.0. The van der Waals surface area contributed by atoms with Crippen LogP contribution < -0.4 is 21.3 Å². The van der Waals surface area contributed by atoms with E-state index in [0.717, 1.165) is 14.7 Å². The molecule has 92 heavy (non-hydrogen) atoms. The van der Waals surface area contributed by atoms with E-state index >= 15 is 9.59 Å². The molecular formula is C65H107ClF3N11O12. The zero-order valence-electron chi connectivity index (χ0n) is 57.0. The first-order chi connectivity index (χ1) is 43.0. The number of carbonyl (C=O) groups excluding carboxylic acids is 11. The molecule has 2 saturated heterocycles. The molecule has 0 aromatic rings. The van der Waals surface area contributed by atoms with Crippen molar-refractivity contribution in [3.05, 3.63) is 0 Å². The number of halogens is 4. The Labute approximate surface area is 547 Å². The van der Waals surface area contributed by atoms with Crippen LogP contribution in [0.2, 0.25) is 0 Å². The number of rotatable bonds is 11. The monoisotopic (exact) mass is 1330 g/mol. The zero-order chi connectivity index (χ0) is 68.9. The van der Waals surface area contributed by atoms with E-state index in [9.17, 15) is 56.3 Å². The van der Waals surface area contributed by atoms with E-state index in [-0.39, 0.29) is 101 Å². The van der Waals surface area contributed by atoms with Gasteiger partial charge in [0.25, 0.3) is 0 Å². The van der Waals surface area contributed by atoms with Crippen LogP contribution in [0.15, 0.2) is 0 Å². The maximum Gasteiger partial charge on any atom is 0.393 e. The van der Waals surface area contributed by atoms with Crippen molar-refractivity contribution < 1.29 is 70.6 Å². The van der Waals surface area contributed by atoms with Gasteiger partial charge in [0.2, 0.25) is 65.0 Å². The number of amides is 11. The molecule has 522 valence electrons. The van der Waals surface area contributed by atoms with E-state index in [1.807, 2.05) is 20.8 Å². The molecule has 0 aromatic heterocycles. The summed E-state index contributed by atoms with van der Waals surface area (Å²) in [5, 5.41) is 10.4. The van der Waals surface area contributed by atoms with Crippen LogP contribution in [0.3, 0.4) is 0 Å². The molecule has 3 unspecified atom stereocenters. The van der Waals surface area contributed by atoms with Gasteiger partial charge in [-0.15, -0.1) is 11.6 Å². The van der Waals surface area contributed by atoms with E-state index < -0.39 is 162 Å². The van der Waals surface area contributed by atoms with E-state index in [1.54, 1.807) is 34.8 Å². The highest BCUT2D eigenvalue weighted by Gasteiger charge is 2.51. The highest BCUT2D eigenvalue weighted by atomic mass is 35.5. The van der Waals surface area contributed by atoms with Crippen LogP contribution in [-0.4, -0.2) is 240 Å². The average Bonchev–Trinajstić information content (AvgIpc) is 1.55. The molecule has 27 heteroatoms. The lowest BCUT2D eigenvalue weighted by Crippen LogP contribution is -2.64. The number of nitrogens with one attached hydrogen (secondary N) is 4. The number of alkyl halides is 4. The van der Waals surface area contributed by atoms with E-state index in [4.69, 9.17) is 16.3 Å². The highest BCUT2D eigenvalue weighted by Crippen LogP contribution is 2.44. The molecule has 1 spiro atoms. The van der Waals surface area contributed by atoms with Crippen molar-refractivity contribution in [2.75, 3.05) is 75.6 Å². The molecule has 23 nitrogen and oxygen atoms in total. The maximum absolute atomic E-state index is 15.1. The summed E-state index contributed by atoms with van der Waals surface area (Å²) in [6, 6.07) is -7.68. The van der Waals surface area contributed by atoms with Crippen molar-refractivity contribution in [2.45, 2.75) is 236 Å². The van der Waals surface area contributed by atoms with Crippen molar-refractivity contribution in [3.63, 3.8) is 0 Å². The molecule has 0 aromatic carbocycles. The van der Waals surface area contributed by atoms with Crippen molar-refractivity contribution in [2.24, 2.45) is 35.5 Å². The zero-order valence-corrected chi connectivity index (χ0v) is 57.7. The van der Waals surface area contributed by atoms with Crippen LogP contribution in [0.5, 0.6) is 0 Å². The average molecular weight is 1330 g/mol. The van der Waals surface area contributed by atoms with Crippen molar-refractivity contribution >= 4 is 76.6 Å². The van der Waals surface area contributed by atoms with Crippen LogP contribution >= 0.6 is 11.6 Å². The second-order valence-corrected chi connectivity index (χ2v) is 28.6. The summed E-state index contributed by atoms with van der Waals surface area (Å²) >= 11 is 6.36. The molecular weight excluding hydrogens is 1220 g/mol. The third-order valence-electron chi connectivity index (χ3n) is 20.1. The Morgan fingerprint density at radius 2 is 1.24 bits per heavy atom. The van der Waals surface area contributed by atoms with Crippen molar-refractivity contribution in [1.29, 1.82) is 0 Å². The Balaban J connectivity index is 1.53. The molecule has 3 saturated carbocycles. The van der Waals surface area contributed by atoms with Crippen LogP contribution in [0.4, 0.5) is 13.2 Å². The Morgan fingerprint density at radius 1 is 0.641 bits per heavy atom. The molecule has 11 amide bonds. The van der Waals surface area contributed by atoms with Gasteiger partial charge in [-0.05, 0) is 133 Å². The molecule has 5 aliphatic rings. The third kappa shape index (κ3) is 20.1. The summed E-state index contributed by atoms with van der Waals surface area (Å²) in [5.41, 5.74) is -1.48. The molecule has 5 rings (SSSR count). The molecule has 2 aliphatic heterocycles. The second kappa shape index (κ2) is 34.1. The van der Waals surface area contributed by atoms with Gasteiger partial charge < -0.3 is 60.3 Å². The summed E-state index contributed by atoms with van der Waals surface area (Å²) in [7, 11) is 10.2. The minimum Gasteiger partial charge on any atom is -0.381 e. The van der Waals surface area contributed by atoms with Gasteiger partial charge in [-0.3, -0.25) is 52.7 Å². The number of ether oxygens (including phenoxy) is 1. The smallest absolute Gasteiger partial charge is 0.381 e. The first-order valence-corrected chi connectivity index (χ1v) is 33.8. The highest BCUT2D eigenvalue weighted by molar-refractivity contribution is 6.20. The van der Waals surface area contributed by atoms with Crippen LogP contribution in [-0.2, 0) is 57.5 Å². The largest absolute Gasteiger partial charge is 0.393 e. The topological polar surface area (TPSA) is 268 Å². The van der Waals surface area contributed by atoms with Gasteiger partial charge in [-0.2, -0.15) is 13.2 Å². The number of likely N-dealkylation sites (N-methyl/N-ethyl adjacent to an activating group) is 6. The summed E-state index contributed by atoms with van der Waals surface area (Å²) in [6.07, 6.45) is 1.05. The van der Waals surface area contributed by atoms with Gasteiger partial charge in [0, 0.05) is 73.8 Å². The molecule has 0 radical (unpaired) electrons. The van der Waals surface area contributed by atoms with Gasteiger partial charge in [-0.25, -0.2) is 0 Å². The van der Waals surface area contributed by atoms with Gasteiger partial charge in [0.1, 0.15) is 41.8 Å². The minimum absolute atomic E-state index is 0.00676. The van der Waals surface area contributed by atoms with Crippen LogP contribution in [0.25, 0.3) is 0 Å². The molecule has 4 N–H and O–H groups in total. The quantitative estimate of drug-likeness (QED) is 0.202. The third-order valence-corrected chi connectivity index (χ3v) is 20.6. The molecule has 5 fully saturated rings. The fourth-order valence-corrected chi connectivity index (χ4v) is 14.7. The normalized spacial score (nSPS) is 30.9. The Morgan fingerprint density at radius 3 is 1.82 bits per heavy atom. The first kappa shape index (κ1) is 76.9. The number of nitrogens with zero attached hydrogens (tertiary/aromatic N) is 7. The summed E-state index contributed by atoms with van der Waals surface area (Å²) < 4.78 is 47.4. The SMILES string of the molecule is CC[C@H](C)[C@@H]1NC(=O)[C@H](CC(C)C)N(C)C(=O)C[C@@H](C)NC(=O)[C@H](C(C)C)N(C)C(=O)C2(CCCC2)NC(=O)[C@@H]2CCCN2C(=O)[C@H](CCC2CCC(C(F)(F)F)C(Cl)C2)NC(=O)CN(C)C(=O)[C@H](CC2CCC(OC)CC2)N(C)C(=O)CN(C)C(=O)CN(C)C1=O. The summed E-state index contributed by atoms with van der Waals surface area (Å²) in [4.78, 5) is 169. The molecule has 11 atom stereocenters. The standard InChI is InChI=1S/C65H107ClF3N11O12/c1-15-40(6)55-62(90)76(10)36-53(83)74(8)37-54(84)78(12)50(34-43-20-24-44(92-14)25-21-43)61(89)75(9)35-51(81)71-47(27-23-42-22-26-45(46(66)33-42)65(67,68)69)60(88)80-30-18-19-48(80)58(86)73-64(28-16-17-29-64)63(91)79(13)56(39(4)5)59(87)70-41(7)32-52(82)77(11)49(31-38(2)3)57(85)72-55/h38-50,55-56H,15-37H2,1-14H3,(H,70,87)(H,71,81)(H,72,85)(H,73,86)/t40-,41+,42?,43?,44?,45?,46?,47-,48-,49-,50-,55-,56-/m0/s1. The van der Waals surface area contributed by atoms with E-state index in [0.29, 0.717) is 51.4 Å². The van der Waals surface area contributed by atoms with Crippen LogP contribution in [0.1, 0.15) is 170 Å². The number of hydrogen-bond donors (Lipinski definition) is 4. The van der Waals surface area contributed by atoms with Gasteiger partial charge >= 0.3 is 6.18 Å². The van der Waals surface area contributed by atoms with Crippen molar-refractivity contribution in [1.82, 2.24) is 55.6 Å². The number of carbonyl (C=O) groups is 11. The molecule has 3 aliphatic carbocycles. The fourth-order valence-electron chi connectivity index (χ4n) is 14.2.